The van der Waals surface area contributed by atoms with Gasteiger partial charge in [0.2, 0.25) is 17.5 Å². The van der Waals surface area contributed by atoms with Gasteiger partial charge in [-0.1, -0.05) is 12.1 Å². The number of imidazole rings is 1. The summed E-state index contributed by atoms with van der Waals surface area (Å²) in [5.41, 5.74) is 6.85. The van der Waals surface area contributed by atoms with Gasteiger partial charge in [-0.25, -0.2) is 33.1 Å². The maximum atomic E-state index is 13.5. The Balaban J connectivity index is 1.33. The molecule has 4 aromatic rings. The summed E-state index contributed by atoms with van der Waals surface area (Å²) in [6, 6.07) is 5.61. The number of hydrogen-bond donors (Lipinski definition) is 2. The molecule has 0 saturated heterocycles. The monoisotopic (exact) mass is 509 g/mol. The molecule has 9 nitrogen and oxygen atoms in total. The summed E-state index contributed by atoms with van der Waals surface area (Å²) in [7, 11) is 0. The van der Waals surface area contributed by atoms with Crippen LogP contribution in [0.4, 0.5) is 24.8 Å². The lowest BCUT2D eigenvalue weighted by Gasteiger charge is -2.34. The number of alkyl halides is 2. The van der Waals surface area contributed by atoms with Crippen molar-refractivity contribution in [2.45, 2.75) is 37.5 Å². The van der Waals surface area contributed by atoms with Gasteiger partial charge < -0.3 is 20.2 Å². The van der Waals surface area contributed by atoms with Crippen LogP contribution in [0.3, 0.4) is 0 Å². The van der Waals surface area contributed by atoms with Crippen LogP contribution in [0, 0.1) is 11.7 Å². The number of nitrogens with two attached hydrogens (primary N) is 1. The number of nitrogen functional groups attached to an aromatic ring is 1. The number of aromatic nitrogens is 5. The van der Waals surface area contributed by atoms with E-state index in [1.165, 1.54) is 24.3 Å². The lowest BCUT2D eigenvalue weighted by atomic mass is 9.78. The maximum absolute atomic E-state index is 13.5. The second-order valence-electron chi connectivity index (χ2n) is 9.60. The number of hydrogen-bond acceptors (Lipinski definition) is 7. The van der Waals surface area contributed by atoms with E-state index < -0.39 is 17.2 Å². The van der Waals surface area contributed by atoms with Gasteiger partial charge in [0, 0.05) is 31.4 Å². The second kappa shape index (κ2) is 8.15. The van der Waals surface area contributed by atoms with Gasteiger partial charge in [-0.3, -0.25) is 4.79 Å². The second-order valence-corrected chi connectivity index (χ2v) is 9.60. The Morgan fingerprint density at radius 3 is 2.68 bits per heavy atom. The van der Waals surface area contributed by atoms with Crippen LogP contribution in [0.5, 0.6) is 5.88 Å². The molecule has 0 radical (unpaired) electrons. The summed E-state index contributed by atoms with van der Waals surface area (Å²) in [6.45, 7) is 1.89. The molecule has 1 atom stereocenters. The van der Waals surface area contributed by atoms with Gasteiger partial charge in [-0.15, -0.1) is 0 Å². The zero-order valence-electron chi connectivity index (χ0n) is 19.7. The molecule has 4 heterocycles. The number of anilines is 2. The average Bonchev–Trinajstić information content (AvgIpc) is 3.41. The zero-order chi connectivity index (χ0) is 25.9. The summed E-state index contributed by atoms with van der Waals surface area (Å²) < 4.78 is 47.3. The molecule has 1 saturated carbocycles. The number of carbonyl (C=O) groups is 1. The highest BCUT2D eigenvalue weighted by atomic mass is 19.3. The van der Waals surface area contributed by atoms with Crippen molar-refractivity contribution in [1.82, 2.24) is 24.3 Å². The number of halogens is 3. The minimum absolute atomic E-state index is 0.0751. The van der Waals surface area contributed by atoms with Crippen LogP contribution < -0.4 is 15.8 Å². The highest BCUT2D eigenvalue weighted by Gasteiger charge is 2.48. The minimum atomic E-state index is -2.58. The molecule has 0 bridgehead atoms. The number of amides is 1. The predicted octanol–water partition coefficient (Wildman–Crippen LogP) is 3.98. The van der Waals surface area contributed by atoms with Gasteiger partial charge in [0.15, 0.2) is 5.82 Å². The molecule has 2 aliphatic rings. The van der Waals surface area contributed by atoms with Crippen molar-refractivity contribution >= 4 is 23.2 Å². The zero-order valence-corrected chi connectivity index (χ0v) is 19.7. The number of fused-ring (bicyclic) bond motifs is 2. The first kappa shape index (κ1) is 23.2. The minimum Gasteiger partial charge on any atom is -0.475 e. The molecule has 1 unspecified atom stereocenters. The van der Waals surface area contributed by atoms with Crippen molar-refractivity contribution in [2.75, 3.05) is 17.7 Å². The molecule has 1 aliphatic heterocycles. The fraction of sp³-hybridized carbons (Fsp3) is 0.320. The van der Waals surface area contributed by atoms with E-state index in [1.807, 2.05) is 0 Å². The first-order valence-electron chi connectivity index (χ1n) is 11.7. The van der Waals surface area contributed by atoms with Crippen molar-refractivity contribution in [1.29, 1.82) is 0 Å². The third kappa shape index (κ3) is 3.83. The van der Waals surface area contributed by atoms with Gasteiger partial charge in [0.25, 0.3) is 5.88 Å². The Bertz CT molecular complexity index is 1530. The molecule has 6 rings (SSSR count). The molecule has 1 aliphatic carbocycles. The highest BCUT2D eigenvalue weighted by Crippen LogP contribution is 2.45. The van der Waals surface area contributed by atoms with Crippen molar-refractivity contribution in [2.24, 2.45) is 5.92 Å². The van der Waals surface area contributed by atoms with E-state index in [4.69, 9.17) is 10.5 Å². The normalized spacial score (nSPS) is 20.5. The van der Waals surface area contributed by atoms with E-state index >= 15 is 0 Å². The highest BCUT2D eigenvalue weighted by molar-refractivity contribution is 6.09. The van der Waals surface area contributed by atoms with Gasteiger partial charge in [-0.05, 0) is 37.0 Å². The first-order valence-corrected chi connectivity index (χ1v) is 11.7. The van der Waals surface area contributed by atoms with Gasteiger partial charge in [-0.2, -0.15) is 0 Å². The molecule has 0 spiro atoms. The SMILES string of the molecule is CC1(c2ccc(F)cc2)C(=O)Nc2nc(-c3cn4ccnc4c(OCCC4CC(F)(F)C4)n3)nc(N)c21. The number of ether oxygens (including phenoxy) is 1. The van der Waals surface area contributed by atoms with Gasteiger partial charge >= 0.3 is 0 Å². The molecular weight excluding hydrogens is 487 g/mol. The van der Waals surface area contributed by atoms with Crippen molar-refractivity contribution < 1.29 is 22.7 Å². The van der Waals surface area contributed by atoms with E-state index in [1.54, 1.807) is 29.9 Å². The number of rotatable bonds is 6. The number of carbonyl (C=O) groups excluding carboxylic acids is 1. The molecule has 1 fully saturated rings. The molecular formula is C25H22F3N7O2. The van der Waals surface area contributed by atoms with E-state index in [2.05, 4.69) is 25.3 Å². The quantitative estimate of drug-likeness (QED) is 0.403. The Labute approximate surface area is 208 Å². The van der Waals surface area contributed by atoms with E-state index in [9.17, 15) is 18.0 Å². The molecule has 3 N–H and O–H groups in total. The summed E-state index contributed by atoms with van der Waals surface area (Å²) >= 11 is 0. The summed E-state index contributed by atoms with van der Waals surface area (Å²) in [4.78, 5) is 30.8. The molecule has 3 aromatic heterocycles. The van der Waals surface area contributed by atoms with E-state index in [0.717, 1.165) is 0 Å². The number of benzene rings is 1. The molecule has 12 heteroatoms. The van der Waals surface area contributed by atoms with E-state index in [-0.39, 0.29) is 54.6 Å². The van der Waals surface area contributed by atoms with Crippen LogP contribution in [-0.2, 0) is 10.2 Å². The lowest BCUT2D eigenvalue weighted by molar-refractivity contribution is -0.119. The summed E-state index contributed by atoms with van der Waals surface area (Å²) in [6.07, 6.45) is 5.14. The standard InChI is InChI=1S/C25H22F3N7O2/c1-24(14-2-4-15(26)5-3-14)17-18(29)32-19(33-20(17)34-23(24)36)16-12-35-8-7-30-21(35)22(31-16)37-9-6-13-10-25(27,28)11-13/h2-5,7-8,12-13H,6,9-11H2,1H3,(H3,29,32,33,34,36). The molecule has 1 aromatic carbocycles. The number of nitrogens with one attached hydrogen (secondary N) is 1. The fourth-order valence-corrected chi connectivity index (χ4v) is 5.00. The largest absolute Gasteiger partial charge is 0.475 e. The Morgan fingerprint density at radius 1 is 1.19 bits per heavy atom. The number of nitrogens with zero attached hydrogens (tertiary/aromatic N) is 5. The van der Waals surface area contributed by atoms with Crippen LogP contribution >= 0.6 is 0 Å². The van der Waals surface area contributed by atoms with Gasteiger partial charge in [0.1, 0.15) is 28.6 Å². The molecule has 1 amide bonds. The molecule has 190 valence electrons. The fourth-order valence-electron chi connectivity index (χ4n) is 5.00. The van der Waals surface area contributed by atoms with Crippen LogP contribution in [0.2, 0.25) is 0 Å². The lowest BCUT2D eigenvalue weighted by Crippen LogP contribution is -2.36. The smallest absolute Gasteiger partial charge is 0.259 e. The Morgan fingerprint density at radius 2 is 1.95 bits per heavy atom. The third-order valence-electron chi connectivity index (χ3n) is 7.06. The summed E-state index contributed by atoms with van der Waals surface area (Å²) in [5.74, 6) is -2.78. The Kier molecular flexibility index (Phi) is 5.11. The van der Waals surface area contributed by atoms with Crippen LogP contribution in [0.25, 0.3) is 17.2 Å². The van der Waals surface area contributed by atoms with Crippen molar-refractivity contribution in [3.8, 4) is 17.4 Å². The summed E-state index contributed by atoms with van der Waals surface area (Å²) in [5, 5.41) is 2.76. The van der Waals surface area contributed by atoms with Crippen molar-refractivity contribution in [3.05, 3.63) is 59.8 Å². The van der Waals surface area contributed by atoms with Gasteiger partial charge in [0.05, 0.1) is 12.2 Å². The topological polar surface area (TPSA) is 120 Å². The van der Waals surface area contributed by atoms with Crippen LogP contribution in [0.1, 0.15) is 37.3 Å². The van der Waals surface area contributed by atoms with Crippen LogP contribution in [0.15, 0.2) is 42.9 Å². The Hall–Kier alpha value is -4.22. The van der Waals surface area contributed by atoms with E-state index in [0.29, 0.717) is 28.9 Å². The third-order valence-corrected chi connectivity index (χ3v) is 7.06. The molecule has 37 heavy (non-hydrogen) atoms. The first-order chi connectivity index (χ1) is 17.6. The predicted molar refractivity (Wildman–Crippen MR) is 128 cm³/mol. The van der Waals surface area contributed by atoms with Crippen LogP contribution in [-0.4, -0.2) is 42.8 Å². The average molecular weight is 509 g/mol. The maximum Gasteiger partial charge on any atom is 0.259 e. The van der Waals surface area contributed by atoms with Crippen molar-refractivity contribution in [3.63, 3.8) is 0 Å².